The van der Waals surface area contributed by atoms with E-state index in [0.29, 0.717) is 6.42 Å². The van der Waals surface area contributed by atoms with Gasteiger partial charge < -0.3 is 30.8 Å². The predicted molar refractivity (Wildman–Crippen MR) is 233 cm³/mol. The van der Waals surface area contributed by atoms with Crippen LogP contribution in [0.2, 0.25) is 0 Å². The number of aryl methyl sites for hydroxylation is 1. The number of hydrogen-bond acceptors (Lipinski definition) is 4. The van der Waals surface area contributed by atoms with Crippen molar-refractivity contribution in [3.05, 3.63) is 79.2 Å². The second-order valence-electron chi connectivity index (χ2n) is 16.4. The summed E-state index contributed by atoms with van der Waals surface area (Å²) in [6, 6.07) is 2.26. The average Bonchev–Trinajstić information content (AvgIpc) is 3.87. The minimum Gasteiger partial charge on any atom is -0.481 e. The van der Waals surface area contributed by atoms with Crippen molar-refractivity contribution in [2.24, 2.45) is 0 Å². The zero-order chi connectivity index (χ0) is 42.0. The lowest BCUT2D eigenvalue weighted by Gasteiger charge is -2.08. The van der Waals surface area contributed by atoms with Gasteiger partial charge in [0.05, 0.1) is 0 Å². The molecule has 10 nitrogen and oxygen atoms in total. The SMILES string of the molecule is CCC1=C(C)C(=O)N/C1=C\c1[nH]c(Cc2[nH]c(/C=C3/NC(=O)C(C)=C3CC)cc2CCCCCCCCCCC(=O)O)c(CCCCCCCCCCC(=O)O)c1C. The number of unbranched alkanes of at least 4 members (excludes halogenated alkanes) is 14. The van der Waals surface area contributed by atoms with Crippen LogP contribution in [0.1, 0.15) is 196 Å². The van der Waals surface area contributed by atoms with E-state index < -0.39 is 11.9 Å². The van der Waals surface area contributed by atoms with Crippen LogP contribution in [0.4, 0.5) is 0 Å². The lowest BCUT2D eigenvalue weighted by atomic mass is 9.97. The maximum Gasteiger partial charge on any atom is 0.303 e. The molecule has 58 heavy (non-hydrogen) atoms. The number of carboxylic acid groups (broad SMARTS) is 2. The number of hydrogen-bond donors (Lipinski definition) is 6. The number of amides is 2. The monoisotopic (exact) mass is 799 g/mol. The Kier molecular flexibility index (Phi) is 18.8. The van der Waals surface area contributed by atoms with Crippen LogP contribution in [-0.2, 0) is 38.4 Å². The molecule has 0 saturated heterocycles. The molecule has 4 heterocycles. The summed E-state index contributed by atoms with van der Waals surface area (Å²) in [5, 5.41) is 23.9. The van der Waals surface area contributed by atoms with Gasteiger partial charge in [-0.1, -0.05) is 90.9 Å². The second kappa shape index (κ2) is 23.7. The Labute approximate surface area is 346 Å². The Bertz CT molecular complexity index is 1870. The lowest BCUT2D eigenvalue weighted by molar-refractivity contribution is -0.138. The fourth-order valence-corrected chi connectivity index (χ4v) is 8.56. The van der Waals surface area contributed by atoms with Gasteiger partial charge in [-0.3, -0.25) is 19.2 Å². The van der Waals surface area contributed by atoms with Gasteiger partial charge in [-0.05, 0) is 118 Å². The Morgan fingerprint density at radius 1 is 0.586 bits per heavy atom. The zero-order valence-corrected chi connectivity index (χ0v) is 36.0. The topological polar surface area (TPSA) is 164 Å². The first-order valence-electron chi connectivity index (χ1n) is 22.2. The van der Waals surface area contributed by atoms with Gasteiger partial charge in [0.25, 0.3) is 11.8 Å². The van der Waals surface area contributed by atoms with Crippen LogP contribution in [0.15, 0.2) is 39.8 Å². The van der Waals surface area contributed by atoms with E-state index >= 15 is 0 Å². The average molecular weight is 799 g/mol. The van der Waals surface area contributed by atoms with Crippen molar-refractivity contribution in [2.75, 3.05) is 0 Å². The van der Waals surface area contributed by atoms with Crippen molar-refractivity contribution < 1.29 is 29.4 Å². The summed E-state index contributed by atoms with van der Waals surface area (Å²) < 4.78 is 0. The molecule has 0 fully saturated rings. The molecule has 6 N–H and O–H groups in total. The predicted octanol–water partition coefficient (Wildman–Crippen LogP) is 10.9. The summed E-state index contributed by atoms with van der Waals surface area (Å²) in [7, 11) is 0. The molecule has 10 heteroatoms. The highest BCUT2D eigenvalue weighted by molar-refractivity contribution is 6.01. The number of aromatic nitrogens is 2. The van der Waals surface area contributed by atoms with Gasteiger partial charge in [0.15, 0.2) is 0 Å². The molecular weight excluding hydrogens is 729 g/mol. The van der Waals surface area contributed by atoms with Crippen molar-refractivity contribution in [3.8, 4) is 0 Å². The number of allylic oxidation sites excluding steroid dienone is 2. The molecule has 0 atom stereocenters. The number of nitrogens with one attached hydrogen (secondary N) is 4. The number of rotatable bonds is 28. The highest BCUT2D eigenvalue weighted by Crippen LogP contribution is 2.31. The summed E-state index contributed by atoms with van der Waals surface area (Å²) in [6.07, 6.45) is 25.9. The Hall–Kier alpha value is -4.60. The fraction of sp³-hybridized carbons (Fsp3) is 0.583. The molecule has 0 saturated carbocycles. The second-order valence-corrected chi connectivity index (χ2v) is 16.4. The van der Waals surface area contributed by atoms with E-state index in [9.17, 15) is 19.2 Å². The van der Waals surface area contributed by atoms with Crippen LogP contribution < -0.4 is 10.6 Å². The van der Waals surface area contributed by atoms with Gasteiger partial charge >= 0.3 is 11.9 Å². The van der Waals surface area contributed by atoms with E-state index in [0.717, 1.165) is 148 Å². The third-order valence-corrected chi connectivity index (χ3v) is 12.1. The molecule has 0 aromatic carbocycles. The number of carboxylic acids is 2. The molecular formula is C48H70N4O6. The molecule has 4 rings (SSSR count). The van der Waals surface area contributed by atoms with Crippen molar-refractivity contribution in [3.63, 3.8) is 0 Å². The minimum atomic E-state index is -0.711. The lowest BCUT2D eigenvalue weighted by Crippen LogP contribution is -2.15. The van der Waals surface area contributed by atoms with E-state index in [-0.39, 0.29) is 24.7 Å². The Morgan fingerprint density at radius 3 is 1.52 bits per heavy atom. The van der Waals surface area contributed by atoms with Crippen LogP contribution in [-0.4, -0.2) is 43.9 Å². The normalized spacial score (nSPS) is 15.7. The van der Waals surface area contributed by atoms with Crippen LogP contribution in [0.25, 0.3) is 12.2 Å². The fourth-order valence-electron chi connectivity index (χ4n) is 8.56. The number of H-pyrrole nitrogens is 2. The van der Waals surface area contributed by atoms with Crippen molar-refractivity contribution in [1.82, 2.24) is 20.6 Å². The largest absolute Gasteiger partial charge is 0.481 e. The summed E-state index contributed by atoms with van der Waals surface area (Å²) in [5.41, 5.74) is 13.6. The molecule has 0 bridgehead atoms. The third kappa shape index (κ3) is 13.8. The van der Waals surface area contributed by atoms with Crippen LogP contribution >= 0.6 is 0 Å². The highest BCUT2D eigenvalue weighted by Gasteiger charge is 2.25. The zero-order valence-electron chi connectivity index (χ0n) is 36.0. The Balaban J connectivity index is 1.52. The van der Waals surface area contributed by atoms with Crippen LogP contribution in [0.3, 0.4) is 0 Å². The van der Waals surface area contributed by atoms with Gasteiger partial charge in [0.2, 0.25) is 0 Å². The molecule has 2 aromatic heterocycles. The smallest absolute Gasteiger partial charge is 0.303 e. The number of aromatic amines is 2. The van der Waals surface area contributed by atoms with Gasteiger partial charge in [-0.25, -0.2) is 0 Å². The maximum atomic E-state index is 12.6. The first-order valence-corrected chi connectivity index (χ1v) is 22.2. The molecule has 0 radical (unpaired) electrons. The molecule has 2 amide bonds. The summed E-state index contributed by atoms with van der Waals surface area (Å²) in [6.45, 7) is 10.1. The summed E-state index contributed by atoms with van der Waals surface area (Å²) in [5.74, 6) is -1.48. The Morgan fingerprint density at radius 2 is 1.03 bits per heavy atom. The van der Waals surface area contributed by atoms with Gasteiger partial charge in [-0.2, -0.15) is 0 Å². The van der Waals surface area contributed by atoms with Crippen LogP contribution in [0.5, 0.6) is 0 Å². The third-order valence-electron chi connectivity index (χ3n) is 12.1. The molecule has 0 spiro atoms. The maximum absolute atomic E-state index is 12.6. The van der Waals surface area contributed by atoms with Crippen molar-refractivity contribution >= 4 is 35.9 Å². The standard InChI is InChI=1S/C48H70N4O6/c1-6-37-33(4)47(57)51-42(37)29-36-28-35(24-20-16-12-8-10-14-18-22-26-45(53)54)41(49-36)31-44-39(25-21-17-13-9-11-15-19-23-27-46(55)56)32(3)40(50-44)30-43-38(7-2)34(5)48(58)52-43/h28-30,49-50H,6-27,31H2,1-5H3,(H,51,57)(H,52,58)(H,53,54)(H,55,56)/b42-29+,43-30-. The quantitative estimate of drug-likeness (QED) is 0.0469. The first kappa shape index (κ1) is 46.1. The first-order chi connectivity index (χ1) is 27.9. The summed E-state index contributed by atoms with van der Waals surface area (Å²) >= 11 is 0. The molecule has 2 aliphatic heterocycles. The van der Waals surface area contributed by atoms with Crippen molar-refractivity contribution in [2.45, 2.75) is 182 Å². The molecule has 0 aliphatic carbocycles. The van der Waals surface area contributed by atoms with E-state index in [4.69, 9.17) is 10.2 Å². The van der Waals surface area contributed by atoms with Gasteiger partial charge in [-0.15, -0.1) is 0 Å². The highest BCUT2D eigenvalue weighted by atomic mass is 16.4. The number of carbonyl (C=O) groups excluding carboxylic acids is 2. The van der Waals surface area contributed by atoms with E-state index in [1.807, 2.05) is 13.8 Å². The summed E-state index contributed by atoms with van der Waals surface area (Å²) in [4.78, 5) is 54.4. The number of aliphatic carboxylic acids is 2. The van der Waals surface area contributed by atoms with E-state index in [2.05, 4.69) is 59.6 Å². The molecule has 2 aliphatic rings. The molecule has 0 unspecified atom stereocenters. The van der Waals surface area contributed by atoms with E-state index in [1.54, 1.807) is 0 Å². The van der Waals surface area contributed by atoms with Gasteiger partial charge in [0.1, 0.15) is 0 Å². The minimum absolute atomic E-state index is 0.0298. The van der Waals surface area contributed by atoms with Crippen molar-refractivity contribution in [1.29, 1.82) is 0 Å². The number of carbonyl (C=O) groups is 4. The molecule has 318 valence electrons. The van der Waals surface area contributed by atoms with Gasteiger partial charge in [0, 0.05) is 64.6 Å². The van der Waals surface area contributed by atoms with E-state index in [1.165, 1.54) is 53.8 Å². The van der Waals surface area contributed by atoms with Crippen LogP contribution in [0, 0.1) is 6.92 Å². The molecule has 2 aromatic rings.